The SMILES string of the molecule is Cl.Fc1ccc2ncc(NC3CCNCC3)cc2c1. The summed E-state index contributed by atoms with van der Waals surface area (Å²) in [6, 6.07) is 7.12. The third kappa shape index (κ3) is 3.33. The minimum atomic E-state index is -0.219. The number of pyridine rings is 1. The molecule has 2 N–H and O–H groups in total. The number of benzene rings is 1. The zero-order valence-corrected chi connectivity index (χ0v) is 11.3. The molecule has 0 atom stereocenters. The number of nitrogens with zero attached hydrogens (tertiary/aromatic N) is 1. The van der Waals surface area contributed by atoms with Crippen molar-refractivity contribution in [2.45, 2.75) is 18.9 Å². The van der Waals surface area contributed by atoms with Gasteiger partial charge in [-0.25, -0.2) is 4.39 Å². The largest absolute Gasteiger partial charge is 0.381 e. The first kappa shape index (κ1) is 14.0. The van der Waals surface area contributed by atoms with E-state index in [-0.39, 0.29) is 18.2 Å². The Hall–Kier alpha value is -1.39. The van der Waals surface area contributed by atoms with Crippen molar-refractivity contribution in [2.24, 2.45) is 0 Å². The molecule has 1 saturated heterocycles. The van der Waals surface area contributed by atoms with E-state index in [1.54, 1.807) is 6.07 Å². The molecule has 0 aliphatic carbocycles. The highest BCUT2D eigenvalue weighted by Gasteiger charge is 2.12. The van der Waals surface area contributed by atoms with Crippen molar-refractivity contribution in [3.05, 3.63) is 36.3 Å². The highest BCUT2D eigenvalue weighted by atomic mass is 35.5. The predicted molar refractivity (Wildman–Crippen MR) is 78.5 cm³/mol. The Morgan fingerprint density at radius 2 is 2.00 bits per heavy atom. The summed E-state index contributed by atoms with van der Waals surface area (Å²) in [5, 5.41) is 7.64. The fourth-order valence-electron chi connectivity index (χ4n) is 2.38. The molecule has 19 heavy (non-hydrogen) atoms. The molecular weight excluding hydrogens is 265 g/mol. The summed E-state index contributed by atoms with van der Waals surface area (Å²) in [5.41, 5.74) is 1.80. The topological polar surface area (TPSA) is 37.0 Å². The van der Waals surface area contributed by atoms with Gasteiger partial charge in [0.1, 0.15) is 5.82 Å². The number of nitrogens with one attached hydrogen (secondary N) is 2. The molecule has 1 aromatic heterocycles. The Kier molecular flexibility index (Phi) is 4.56. The molecule has 1 aliphatic heterocycles. The second-order valence-corrected chi connectivity index (χ2v) is 4.73. The molecule has 5 heteroatoms. The predicted octanol–water partition coefficient (Wildman–Crippen LogP) is 2.96. The summed E-state index contributed by atoms with van der Waals surface area (Å²) in [5.74, 6) is -0.219. The van der Waals surface area contributed by atoms with E-state index < -0.39 is 0 Å². The fourth-order valence-corrected chi connectivity index (χ4v) is 2.38. The first-order valence-electron chi connectivity index (χ1n) is 6.34. The molecule has 1 aromatic carbocycles. The van der Waals surface area contributed by atoms with E-state index in [0.29, 0.717) is 6.04 Å². The molecule has 0 radical (unpaired) electrons. The van der Waals surface area contributed by atoms with Crippen LogP contribution in [0.2, 0.25) is 0 Å². The molecule has 1 fully saturated rings. The summed E-state index contributed by atoms with van der Waals surface area (Å²) in [6.45, 7) is 2.10. The van der Waals surface area contributed by atoms with Crippen LogP contribution in [0.3, 0.4) is 0 Å². The third-order valence-electron chi connectivity index (χ3n) is 3.35. The fraction of sp³-hybridized carbons (Fsp3) is 0.357. The van der Waals surface area contributed by atoms with Gasteiger partial charge in [0.2, 0.25) is 0 Å². The van der Waals surface area contributed by atoms with Crippen LogP contribution in [0.1, 0.15) is 12.8 Å². The van der Waals surface area contributed by atoms with Crippen LogP contribution in [0, 0.1) is 5.82 Å². The van der Waals surface area contributed by atoms with Crippen LogP contribution in [0.15, 0.2) is 30.5 Å². The van der Waals surface area contributed by atoms with E-state index in [2.05, 4.69) is 15.6 Å². The van der Waals surface area contributed by atoms with E-state index >= 15 is 0 Å². The van der Waals surface area contributed by atoms with Crippen LogP contribution in [0.25, 0.3) is 10.9 Å². The van der Waals surface area contributed by atoms with Gasteiger partial charge in [-0.05, 0) is 50.2 Å². The van der Waals surface area contributed by atoms with E-state index in [0.717, 1.165) is 42.5 Å². The molecule has 0 spiro atoms. The maximum atomic E-state index is 13.2. The second-order valence-electron chi connectivity index (χ2n) is 4.73. The van der Waals surface area contributed by atoms with Gasteiger partial charge in [0.05, 0.1) is 17.4 Å². The van der Waals surface area contributed by atoms with Crippen molar-refractivity contribution >= 4 is 29.0 Å². The van der Waals surface area contributed by atoms with Crippen molar-refractivity contribution < 1.29 is 4.39 Å². The van der Waals surface area contributed by atoms with E-state index in [1.807, 2.05) is 12.3 Å². The average molecular weight is 282 g/mol. The van der Waals surface area contributed by atoms with Crippen LogP contribution in [-0.4, -0.2) is 24.1 Å². The summed E-state index contributed by atoms with van der Waals surface area (Å²) in [4.78, 5) is 4.34. The first-order chi connectivity index (χ1) is 8.81. The van der Waals surface area contributed by atoms with E-state index in [1.165, 1.54) is 12.1 Å². The average Bonchev–Trinajstić information content (AvgIpc) is 2.39. The summed E-state index contributed by atoms with van der Waals surface area (Å²) < 4.78 is 13.2. The Balaban J connectivity index is 0.00000133. The van der Waals surface area contributed by atoms with Gasteiger partial charge in [0, 0.05) is 11.4 Å². The van der Waals surface area contributed by atoms with Gasteiger partial charge in [-0.15, -0.1) is 12.4 Å². The van der Waals surface area contributed by atoms with Crippen molar-refractivity contribution in [2.75, 3.05) is 18.4 Å². The summed E-state index contributed by atoms with van der Waals surface area (Å²) in [7, 11) is 0. The molecule has 0 saturated carbocycles. The highest BCUT2D eigenvalue weighted by Crippen LogP contribution is 2.19. The molecule has 2 aromatic rings. The molecule has 0 amide bonds. The monoisotopic (exact) mass is 281 g/mol. The lowest BCUT2D eigenvalue weighted by atomic mass is 10.1. The number of rotatable bonds is 2. The molecule has 102 valence electrons. The summed E-state index contributed by atoms with van der Waals surface area (Å²) >= 11 is 0. The lowest BCUT2D eigenvalue weighted by Gasteiger charge is -2.24. The molecule has 0 bridgehead atoms. The minimum absolute atomic E-state index is 0. The second kappa shape index (κ2) is 6.17. The molecule has 3 nitrogen and oxygen atoms in total. The maximum absolute atomic E-state index is 13.2. The minimum Gasteiger partial charge on any atom is -0.381 e. The van der Waals surface area contributed by atoms with Crippen molar-refractivity contribution in [1.82, 2.24) is 10.3 Å². The standard InChI is InChI=1S/C14H16FN3.ClH/c15-11-1-2-14-10(7-11)8-13(9-17-14)18-12-3-5-16-6-4-12;/h1-2,7-9,12,16,18H,3-6H2;1H. The zero-order valence-electron chi connectivity index (χ0n) is 10.5. The van der Waals surface area contributed by atoms with E-state index in [9.17, 15) is 4.39 Å². The van der Waals surface area contributed by atoms with Crippen LogP contribution < -0.4 is 10.6 Å². The van der Waals surface area contributed by atoms with Crippen molar-refractivity contribution in [3.63, 3.8) is 0 Å². The number of piperidine rings is 1. The molecule has 0 unspecified atom stereocenters. The van der Waals surface area contributed by atoms with Crippen LogP contribution >= 0.6 is 12.4 Å². The van der Waals surface area contributed by atoms with Gasteiger partial charge in [-0.2, -0.15) is 0 Å². The van der Waals surface area contributed by atoms with Gasteiger partial charge in [0.25, 0.3) is 0 Å². The molecule has 1 aliphatic rings. The number of aromatic nitrogens is 1. The first-order valence-corrected chi connectivity index (χ1v) is 6.34. The van der Waals surface area contributed by atoms with Gasteiger partial charge in [0.15, 0.2) is 0 Å². The van der Waals surface area contributed by atoms with Crippen LogP contribution in [0.5, 0.6) is 0 Å². The molecule has 2 heterocycles. The lowest BCUT2D eigenvalue weighted by Crippen LogP contribution is -2.35. The third-order valence-corrected chi connectivity index (χ3v) is 3.35. The van der Waals surface area contributed by atoms with Crippen molar-refractivity contribution in [1.29, 1.82) is 0 Å². The van der Waals surface area contributed by atoms with Gasteiger partial charge >= 0.3 is 0 Å². The van der Waals surface area contributed by atoms with Crippen molar-refractivity contribution in [3.8, 4) is 0 Å². The number of hydrogen-bond acceptors (Lipinski definition) is 3. The quantitative estimate of drug-likeness (QED) is 0.889. The summed E-state index contributed by atoms with van der Waals surface area (Å²) in [6.07, 6.45) is 4.05. The maximum Gasteiger partial charge on any atom is 0.123 e. The van der Waals surface area contributed by atoms with Crippen LogP contribution in [0.4, 0.5) is 10.1 Å². The Labute approximate surface area is 118 Å². The van der Waals surface area contributed by atoms with Gasteiger partial charge < -0.3 is 10.6 Å². The molecule has 3 rings (SSSR count). The van der Waals surface area contributed by atoms with Gasteiger partial charge in [-0.1, -0.05) is 0 Å². The molecular formula is C14H17ClFN3. The number of anilines is 1. The van der Waals surface area contributed by atoms with E-state index in [4.69, 9.17) is 0 Å². The Morgan fingerprint density at radius 3 is 2.79 bits per heavy atom. The number of hydrogen-bond donors (Lipinski definition) is 2. The van der Waals surface area contributed by atoms with Gasteiger partial charge in [-0.3, -0.25) is 4.98 Å². The number of fused-ring (bicyclic) bond motifs is 1. The Morgan fingerprint density at radius 1 is 1.21 bits per heavy atom. The normalized spacial score (nSPS) is 16.1. The Bertz CT molecular complexity index is 555. The van der Waals surface area contributed by atoms with Crippen LogP contribution in [-0.2, 0) is 0 Å². The lowest BCUT2D eigenvalue weighted by molar-refractivity contribution is 0.479. The highest BCUT2D eigenvalue weighted by molar-refractivity contribution is 5.85. The zero-order chi connectivity index (χ0) is 12.4. The smallest absolute Gasteiger partial charge is 0.123 e. The number of halogens is 2.